The summed E-state index contributed by atoms with van der Waals surface area (Å²) < 4.78 is 11.1. The van der Waals surface area contributed by atoms with Crippen LogP contribution in [0.4, 0.5) is 4.79 Å². The molecule has 148 valence electrons. The van der Waals surface area contributed by atoms with E-state index in [0.29, 0.717) is 35.3 Å². The molecule has 0 unspecified atom stereocenters. The molecule has 2 aromatic rings. The Kier molecular flexibility index (Phi) is 6.26. The van der Waals surface area contributed by atoms with Crippen LogP contribution in [0.3, 0.4) is 0 Å². The van der Waals surface area contributed by atoms with Crippen LogP contribution in [0.5, 0.6) is 11.5 Å². The number of primary amides is 1. The molecule has 0 aromatic heterocycles. The highest BCUT2D eigenvalue weighted by atomic mass is 35.5. The van der Waals surface area contributed by atoms with Crippen LogP contribution in [0.15, 0.2) is 42.5 Å². The number of hydrogen-bond donors (Lipinski definition) is 3. The lowest BCUT2D eigenvalue weighted by atomic mass is 10.0. The summed E-state index contributed by atoms with van der Waals surface area (Å²) in [5.74, 6) is 1.10. The van der Waals surface area contributed by atoms with Gasteiger partial charge in [0, 0.05) is 5.02 Å². The van der Waals surface area contributed by atoms with Gasteiger partial charge < -0.3 is 25.8 Å². The second-order valence-corrected chi connectivity index (χ2v) is 6.89. The molecule has 0 saturated heterocycles. The molecule has 2 atom stereocenters. The van der Waals surface area contributed by atoms with Crippen molar-refractivity contribution >= 4 is 23.5 Å². The Balaban J connectivity index is 1.68. The number of ether oxygens (including phenoxy) is 2. The van der Waals surface area contributed by atoms with Crippen molar-refractivity contribution in [2.45, 2.75) is 25.4 Å². The third-order valence-electron chi connectivity index (χ3n) is 4.43. The molecule has 4 N–H and O–H groups in total. The number of carbonyl (C=O) groups excluding carboxylic acids is 2. The zero-order valence-electron chi connectivity index (χ0n) is 15.4. The molecule has 0 spiro atoms. The zero-order valence-corrected chi connectivity index (χ0v) is 16.2. The van der Waals surface area contributed by atoms with Gasteiger partial charge in [-0.15, -0.1) is 0 Å². The average Bonchev–Trinajstić information content (AvgIpc) is 2.67. The van der Waals surface area contributed by atoms with Crippen LogP contribution in [0, 0.1) is 0 Å². The number of halogens is 1. The zero-order chi connectivity index (χ0) is 20.1. The summed E-state index contributed by atoms with van der Waals surface area (Å²) in [6, 6.07) is 11.0. The number of hydrogen-bond acceptors (Lipinski definition) is 4. The van der Waals surface area contributed by atoms with E-state index in [1.165, 1.54) is 0 Å². The van der Waals surface area contributed by atoms with Crippen LogP contribution in [-0.4, -0.2) is 25.2 Å². The summed E-state index contributed by atoms with van der Waals surface area (Å²) in [5, 5.41) is 5.96. The van der Waals surface area contributed by atoms with E-state index in [2.05, 4.69) is 10.6 Å². The third kappa shape index (κ3) is 4.86. The second kappa shape index (κ2) is 8.84. The van der Waals surface area contributed by atoms with Gasteiger partial charge in [-0.25, -0.2) is 4.79 Å². The number of nitrogens with two attached hydrogens (primary N) is 1. The number of rotatable bonds is 6. The Bertz CT molecular complexity index is 874. The highest BCUT2D eigenvalue weighted by molar-refractivity contribution is 6.31. The highest BCUT2D eigenvalue weighted by Gasteiger charge is 2.21. The van der Waals surface area contributed by atoms with Crippen LogP contribution >= 0.6 is 11.6 Å². The van der Waals surface area contributed by atoms with Gasteiger partial charge in [0.25, 0.3) is 0 Å². The number of urea groups is 1. The van der Waals surface area contributed by atoms with E-state index in [1.807, 2.05) is 25.1 Å². The van der Waals surface area contributed by atoms with Crippen molar-refractivity contribution in [3.05, 3.63) is 58.6 Å². The summed E-state index contributed by atoms with van der Waals surface area (Å²) in [6.45, 7) is 2.89. The maximum Gasteiger partial charge on any atom is 0.312 e. The van der Waals surface area contributed by atoms with Crippen molar-refractivity contribution in [3.8, 4) is 11.5 Å². The number of amides is 3. The van der Waals surface area contributed by atoms with Gasteiger partial charge in [0.15, 0.2) is 11.5 Å². The van der Waals surface area contributed by atoms with Crippen LogP contribution < -0.4 is 25.8 Å². The first kappa shape index (κ1) is 19.8. The minimum absolute atomic E-state index is 0.00155. The summed E-state index contributed by atoms with van der Waals surface area (Å²) in [7, 11) is 0. The summed E-state index contributed by atoms with van der Waals surface area (Å²) in [6.07, 6.45) is 0.00155. The molecule has 0 aliphatic carbocycles. The minimum Gasteiger partial charge on any atom is -0.486 e. The van der Waals surface area contributed by atoms with Gasteiger partial charge in [-0.2, -0.15) is 0 Å². The van der Waals surface area contributed by atoms with Crippen LogP contribution in [-0.2, 0) is 4.79 Å². The van der Waals surface area contributed by atoms with Crippen molar-refractivity contribution in [1.82, 2.24) is 10.6 Å². The van der Waals surface area contributed by atoms with Crippen LogP contribution in [0.25, 0.3) is 0 Å². The predicted molar refractivity (Wildman–Crippen MR) is 106 cm³/mol. The van der Waals surface area contributed by atoms with Gasteiger partial charge in [0.05, 0.1) is 18.5 Å². The summed E-state index contributed by atoms with van der Waals surface area (Å²) in [4.78, 5) is 24.0. The number of carbonyl (C=O) groups is 2. The fourth-order valence-electron chi connectivity index (χ4n) is 3.07. The van der Waals surface area contributed by atoms with E-state index in [-0.39, 0.29) is 18.4 Å². The summed E-state index contributed by atoms with van der Waals surface area (Å²) in [5.41, 5.74) is 6.78. The van der Waals surface area contributed by atoms with Crippen molar-refractivity contribution in [2.75, 3.05) is 13.2 Å². The Morgan fingerprint density at radius 3 is 2.54 bits per heavy atom. The van der Waals surface area contributed by atoms with E-state index in [9.17, 15) is 9.59 Å². The normalized spacial score (nSPS) is 14.6. The monoisotopic (exact) mass is 403 g/mol. The number of nitrogens with one attached hydrogen (secondary N) is 2. The Morgan fingerprint density at radius 2 is 1.82 bits per heavy atom. The first-order valence-corrected chi connectivity index (χ1v) is 9.31. The van der Waals surface area contributed by atoms with E-state index in [4.69, 9.17) is 26.8 Å². The SMILES string of the molecule is C[C@H](NC(=O)C[C@@H](NC(N)=O)c1ccccc1Cl)c1ccc2c(c1)OCCO2. The molecule has 0 fully saturated rings. The van der Waals surface area contributed by atoms with E-state index in [1.54, 1.807) is 24.3 Å². The average molecular weight is 404 g/mol. The maximum absolute atomic E-state index is 12.6. The van der Waals surface area contributed by atoms with Gasteiger partial charge >= 0.3 is 6.03 Å². The van der Waals surface area contributed by atoms with Gasteiger partial charge in [-0.3, -0.25) is 4.79 Å². The van der Waals surface area contributed by atoms with Crippen LogP contribution in [0.1, 0.15) is 36.6 Å². The van der Waals surface area contributed by atoms with E-state index >= 15 is 0 Å². The van der Waals surface area contributed by atoms with Gasteiger partial charge in [0.1, 0.15) is 13.2 Å². The van der Waals surface area contributed by atoms with Crippen molar-refractivity contribution in [1.29, 1.82) is 0 Å². The minimum atomic E-state index is -0.724. The van der Waals surface area contributed by atoms with Crippen molar-refractivity contribution < 1.29 is 19.1 Å². The first-order chi connectivity index (χ1) is 13.4. The number of benzene rings is 2. The molecule has 0 bridgehead atoms. The molecule has 0 saturated carbocycles. The predicted octanol–water partition coefficient (Wildman–Crippen LogP) is 3.09. The highest BCUT2D eigenvalue weighted by Crippen LogP contribution is 2.32. The molecule has 7 nitrogen and oxygen atoms in total. The molecule has 1 aliphatic heterocycles. The lowest BCUT2D eigenvalue weighted by Crippen LogP contribution is -2.37. The lowest BCUT2D eigenvalue weighted by molar-refractivity contribution is -0.122. The van der Waals surface area contributed by atoms with Gasteiger partial charge in [-0.05, 0) is 36.2 Å². The molecule has 0 radical (unpaired) electrons. The van der Waals surface area contributed by atoms with E-state index < -0.39 is 12.1 Å². The smallest absolute Gasteiger partial charge is 0.312 e. The second-order valence-electron chi connectivity index (χ2n) is 6.48. The van der Waals surface area contributed by atoms with Crippen molar-refractivity contribution in [3.63, 3.8) is 0 Å². The van der Waals surface area contributed by atoms with Gasteiger partial charge in [-0.1, -0.05) is 35.9 Å². The molecule has 2 aromatic carbocycles. The Hall–Kier alpha value is -2.93. The lowest BCUT2D eigenvalue weighted by Gasteiger charge is -2.22. The molecule has 1 heterocycles. The molecular formula is C20H22ClN3O4. The fourth-order valence-corrected chi connectivity index (χ4v) is 3.33. The molecule has 3 amide bonds. The first-order valence-electron chi connectivity index (χ1n) is 8.93. The molecule has 8 heteroatoms. The van der Waals surface area contributed by atoms with Crippen molar-refractivity contribution in [2.24, 2.45) is 5.73 Å². The third-order valence-corrected chi connectivity index (χ3v) is 4.77. The van der Waals surface area contributed by atoms with E-state index in [0.717, 1.165) is 5.56 Å². The Morgan fingerprint density at radius 1 is 1.11 bits per heavy atom. The molecule has 3 rings (SSSR count). The van der Waals surface area contributed by atoms with Crippen LogP contribution in [0.2, 0.25) is 5.02 Å². The topological polar surface area (TPSA) is 103 Å². The largest absolute Gasteiger partial charge is 0.486 e. The molecule has 28 heavy (non-hydrogen) atoms. The number of fused-ring (bicyclic) bond motifs is 1. The fraction of sp³-hybridized carbons (Fsp3) is 0.300. The Labute approximate surface area is 168 Å². The summed E-state index contributed by atoms with van der Waals surface area (Å²) >= 11 is 6.21. The standard InChI is InChI=1S/C20H22ClN3O4/c1-12(13-6-7-17-18(10-13)28-9-8-27-17)23-19(25)11-16(24-20(22)26)14-4-2-3-5-15(14)21/h2-7,10,12,16H,8-9,11H2,1H3,(H,23,25)(H3,22,24,26)/t12-,16+/m0/s1. The maximum atomic E-state index is 12.6. The molecule has 1 aliphatic rings. The molecular weight excluding hydrogens is 382 g/mol. The quantitative estimate of drug-likeness (QED) is 0.689. The van der Waals surface area contributed by atoms with Gasteiger partial charge in [0.2, 0.25) is 5.91 Å².